The molecule has 0 aliphatic carbocycles. The fourth-order valence-corrected chi connectivity index (χ4v) is 0. The van der Waals surface area contributed by atoms with Crippen molar-refractivity contribution in [3.8, 4) is 0 Å². The molecule has 0 unspecified atom stereocenters. The van der Waals surface area contributed by atoms with Crippen LogP contribution >= 0.6 is 0 Å². The fourth-order valence-electron chi connectivity index (χ4n) is 0. The third kappa shape index (κ3) is 6810. The van der Waals surface area contributed by atoms with Gasteiger partial charge < -0.3 is 19.1 Å². The first-order valence-electron chi connectivity index (χ1n) is 1.06. The molecule has 0 spiro atoms. The molecule has 2 heteroatoms. The summed E-state index contributed by atoms with van der Waals surface area (Å²) in [5.74, 6) is -0.0833. The Labute approximate surface area is 46.9 Å². The van der Waals surface area contributed by atoms with Gasteiger partial charge in [0.05, 0.1) is 0 Å². The van der Waals surface area contributed by atoms with Crippen LogP contribution in [0.3, 0.4) is 0 Å². The van der Waals surface area contributed by atoms with E-state index in [9.17, 15) is 4.79 Å². The van der Waals surface area contributed by atoms with Gasteiger partial charge in [0.1, 0.15) is 0 Å². The summed E-state index contributed by atoms with van der Waals surface area (Å²) in [6.07, 6.45) is 0. The van der Waals surface area contributed by atoms with Gasteiger partial charge >= 0.3 is 0 Å². The van der Waals surface area contributed by atoms with Crippen LogP contribution in [-0.2, 0) is 4.79 Å². The number of Topliss-reactive ketones (excluding diaryl/α,β-unsaturated/α-hetero) is 1. The van der Waals surface area contributed by atoms with Crippen molar-refractivity contribution < 1.29 is 19.1 Å². The van der Waals surface area contributed by atoms with Gasteiger partial charge in [-0.25, -0.2) is 0 Å². The van der Waals surface area contributed by atoms with Crippen LogP contribution in [0.25, 0.3) is 0 Å². The van der Waals surface area contributed by atoms with E-state index in [-0.39, 0.29) is 27.5 Å². The zero-order valence-electron chi connectivity index (χ0n) is 3.99. The van der Waals surface area contributed by atoms with E-state index < -0.39 is 0 Å². The van der Waals surface area contributed by atoms with Crippen LogP contribution in [0.15, 0.2) is 0 Å². The Morgan fingerprint density at radius 2 is 1.67 bits per heavy atom. The second kappa shape index (κ2) is 8.87. The van der Waals surface area contributed by atoms with Gasteiger partial charge in [-0.15, -0.1) is 0 Å². The van der Waals surface area contributed by atoms with E-state index in [0.29, 0.717) is 0 Å². The molecule has 0 heterocycles. The molecule has 1 nitrogen and oxygen atoms in total. The van der Waals surface area contributed by atoms with Gasteiger partial charge in [0.15, 0.2) is 0 Å². The number of hydrogen-bond donors (Lipinski definition) is 0. The zero-order valence-corrected chi connectivity index (χ0v) is 7.14. The summed E-state index contributed by atoms with van der Waals surface area (Å²) < 4.78 is 0. The van der Waals surface area contributed by atoms with E-state index >= 15 is 0 Å². The molecule has 0 atom stereocenters. The number of carbonyl (C=O) groups is 1. The molecule has 6 heavy (non-hydrogen) atoms. The van der Waals surface area contributed by atoms with Crippen molar-refractivity contribution in [2.24, 2.45) is 0 Å². The van der Waals surface area contributed by atoms with Crippen LogP contribution in [-0.4, -0.2) is 5.78 Å². The average Bonchev–Trinajstić information content (AvgIpc) is 0.811. The quantitative estimate of drug-likeness (QED) is 0.606. The van der Waals surface area contributed by atoms with Crippen molar-refractivity contribution in [3.05, 3.63) is 14.4 Å². The van der Waals surface area contributed by atoms with E-state index in [1.165, 1.54) is 6.92 Å². The second-order valence-corrected chi connectivity index (χ2v) is 0.702. The Hall–Kier alpha value is -0.0704. The molecule has 0 bridgehead atoms. The maximum atomic E-state index is 9.33. The van der Waals surface area contributed by atoms with Gasteiger partial charge in [0.2, 0.25) is 0 Å². The summed E-state index contributed by atoms with van der Waals surface area (Å²) in [6, 6.07) is 0. The number of rotatable bonds is 0. The van der Waals surface area contributed by atoms with Crippen molar-refractivity contribution in [2.75, 3.05) is 0 Å². The van der Waals surface area contributed by atoms with Gasteiger partial charge in [0, 0.05) is 14.3 Å². The largest absolute Gasteiger partial charge is 0.358 e. The SMILES string of the molecule is [Am].[CH2-]C(C)=O.[CH3-]. The van der Waals surface area contributed by atoms with Gasteiger partial charge in [-0.2, -0.15) is 0 Å². The molecule has 39 valence electrons. The van der Waals surface area contributed by atoms with Gasteiger partial charge in [-0.3, -0.25) is 0 Å². The van der Waals surface area contributed by atoms with Crippen LogP contribution in [0.2, 0.25) is 0 Å². The number of ketones is 1. The van der Waals surface area contributed by atoms with Crippen LogP contribution in [0, 0.1) is 28.6 Å². The van der Waals surface area contributed by atoms with Crippen LogP contribution in [0.4, 0.5) is 0 Å². The molecular formula is C4H8AmO-2. The third-order valence-corrected chi connectivity index (χ3v) is 0. The molecule has 0 aromatic heterocycles. The Bertz CT molecular complexity index is 30.5. The summed E-state index contributed by atoms with van der Waals surface area (Å²) >= 11 is 0. The Kier molecular flexibility index (Phi) is 24.8. The minimum Gasteiger partial charge on any atom is -0.358 e. The van der Waals surface area contributed by atoms with E-state index in [0.717, 1.165) is 0 Å². The second-order valence-electron chi connectivity index (χ2n) is 0.702. The summed E-state index contributed by atoms with van der Waals surface area (Å²) in [5.41, 5.74) is 0. The van der Waals surface area contributed by atoms with Crippen LogP contribution in [0.1, 0.15) is 6.92 Å². The molecule has 0 rings (SSSR count). The van der Waals surface area contributed by atoms with E-state index in [4.69, 9.17) is 0 Å². The minimum absolute atomic E-state index is 0. The molecule has 0 aliphatic rings. The first-order chi connectivity index (χ1) is 1.73. The topological polar surface area (TPSA) is 17.1 Å². The molecule has 0 aromatic rings. The minimum atomic E-state index is -0.0833. The molecule has 0 aliphatic heterocycles. The summed E-state index contributed by atoms with van der Waals surface area (Å²) in [4.78, 5) is 9.33. The fraction of sp³-hybridized carbons (Fsp3) is 0.250. The van der Waals surface area contributed by atoms with Crippen LogP contribution < -0.4 is 0 Å². The molecule has 0 fully saturated rings. The van der Waals surface area contributed by atoms with Gasteiger partial charge in [0.25, 0.3) is 0 Å². The smallest absolute Gasteiger partial charge is 0 e. The van der Waals surface area contributed by atoms with E-state index in [1.54, 1.807) is 0 Å². The molecule has 0 amide bonds. The third-order valence-electron chi connectivity index (χ3n) is 0. The summed E-state index contributed by atoms with van der Waals surface area (Å²) in [5, 5.41) is 0. The molecule has 0 saturated carbocycles. The molecule has 1 radical (unpaired) electrons. The van der Waals surface area contributed by atoms with Crippen molar-refractivity contribution in [1.82, 2.24) is 0 Å². The van der Waals surface area contributed by atoms with Crippen LogP contribution in [0.5, 0.6) is 0 Å². The van der Waals surface area contributed by atoms with Gasteiger partial charge in [-0.05, 0) is 12.7 Å². The number of carbonyl (C=O) groups excluding carboxylic acids is 1. The van der Waals surface area contributed by atoms with Gasteiger partial charge in [-0.1, -0.05) is 0 Å². The zero-order chi connectivity index (χ0) is 3.58. The Morgan fingerprint density at radius 3 is 1.67 bits per heavy atom. The van der Waals surface area contributed by atoms with Crippen molar-refractivity contribution in [2.45, 2.75) is 6.92 Å². The molecule has 0 N–H and O–H groups in total. The summed E-state index contributed by atoms with van der Waals surface area (Å²) in [7, 11) is 0. The molecule has 0 saturated heterocycles. The van der Waals surface area contributed by atoms with E-state index in [1.807, 2.05) is 0 Å². The predicted octanol–water partition coefficient (Wildman–Crippen LogP) is 0.860. The normalized spacial score (nSPS) is 4.17. The Balaban J connectivity index is -0.0000000450. The first kappa shape index (κ1) is 16.8. The first-order valence-corrected chi connectivity index (χ1v) is 1.06. The van der Waals surface area contributed by atoms with E-state index in [2.05, 4.69) is 6.92 Å². The molecular weight excluding hydrogens is 307 g/mol. The average molecular weight is 315 g/mol. The predicted molar refractivity (Wildman–Crippen MR) is 22.5 cm³/mol. The number of hydrogen-bond acceptors (Lipinski definition) is 1. The maximum absolute atomic E-state index is 9.33. The van der Waals surface area contributed by atoms with Crippen molar-refractivity contribution in [3.63, 3.8) is 0 Å². The summed E-state index contributed by atoms with van der Waals surface area (Å²) in [6.45, 7) is 4.42. The standard InChI is InChI=1S/C3H5O.CH3.Am/c1-3(2)4;;/h1H2,2H3;1H3;/q2*-1;. The van der Waals surface area contributed by atoms with Crippen molar-refractivity contribution in [1.29, 1.82) is 0 Å². The van der Waals surface area contributed by atoms with Crippen molar-refractivity contribution >= 4 is 5.78 Å². The Morgan fingerprint density at radius 1 is 1.67 bits per heavy atom. The maximum Gasteiger partial charge on any atom is 0 e. The monoisotopic (exact) mass is 313 g/mol. The molecule has 0 aromatic carbocycles.